The summed E-state index contributed by atoms with van der Waals surface area (Å²) in [4.78, 5) is 11.0. The minimum absolute atomic E-state index is 0.287. The fourth-order valence-electron chi connectivity index (χ4n) is 2.94. The Labute approximate surface area is 84.0 Å². The average molecular weight is 193 g/mol. The molecule has 0 N–H and O–H groups in total. The SMILES string of the molecule is CC(=O)O[C@]1(C#N)CC[C@@H]2CC[C@@H]1C2. The van der Waals surface area contributed by atoms with E-state index >= 15 is 0 Å². The Hall–Kier alpha value is -1.04. The number of fused-ring (bicyclic) bond motifs is 2. The van der Waals surface area contributed by atoms with Crippen molar-refractivity contribution in [2.45, 2.75) is 44.6 Å². The Morgan fingerprint density at radius 2 is 2.29 bits per heavy atom. The maximum absolute atomic E-state index is 11.0. The quantitative estimate of drug-likeness (QED) is 0.598. The van der Waals surface area contributed by atoms with Crippen LogP contribution in [0.5, 0.6) is 0 Å². The highest BCUT2D eigenvalue weighted by Crippen LogP contribution is 2.48. The molecule has 3 nitrogen and oxygen atoms in total. The van der Waals surface area contributed by atoms with Gasteiger partial charge in [-0.25, -0.2) is 0 Å². The normalized spacial score (nSPS) is 40.3. The summed E-state index contributed by atoms with van der Waals surface area (Å²) in [7, 11) is 0. The summed E-state index contributed by atoms with van der Waals surface area (Å²) in [5.41, 5.74) is -0.793. The van der Waals surface area contributed by atoms with Crippen LogP contribution in [0.15, 0.2) is 0 Å². The molecule has 0 radical (unpaired) electrons. The summed E-state index contributed by atoms with van der Waals surface area (Å²) < 4.78 is 5.26. The van der Waals surface area contributed by atoms with Crippen LogP contribution in [-0.2, 0) is 9.53 Å². The molecule has 0 amide bonds. The van der Waals surface area contributed by atoms with Crippen LogP contribution < -0.4 is 0 Å². The predicted molar refractivity (Wildman–Crippen MR) is 50.2 cm³/mol. The number of hydrogen-bond donors (Lipinski definition) is 0. The van der Waals surface area contributed by atoms with Crippen LogP contribution in [0.2, 0.25) is 0 Å². The van der Waals surface area contributed by atoms with Gasteiger partial charge in [0.15, 0.2) is 5.60 Å². The van der Waals surface area contributed by atoms with E-state index in [4.69, 9.17) is 4.74 Å². The first-order valence-corrected chi connectivity index (χ1v) is 5.27. The molecule has 0 aromatic carbocycles. The topological polar surface area (TPSA) is 50.1 Å². The molecule has 0 aromatic rings. The molecule has 2 aliphatic rings. The van der Waals surface area contributed by atoms with Crippen molar-refractivity contribution in [3.8, 4) is 6.07 Å². The van der Waals surface area contributed by atoms with Gasteiger partial charge in [-0.05, 0) is 31.6 Å². The lowest BCUT2D eigenvalue weighted by molar-refractivity contribution is -0.158. The fraction of sp³-hybridized carbons (Fsp3) is 0.818. The van der Waals surface area contributed by atoms with Crippen molar-refractivity contribution in [1.82, 2.24) is 0 Å². The molecule has 2 bridgehead atoms. The Bertz CT molecular complexity index is 294. The molecule has 3 atom stereocenters. The molecule has 0 heterocycles. The van der Waals surface area contributed by atoms with Gasteiger partial charge in [-0.15, -0.1) is 0 Å². The lowest BCUT2D eigenvalue weighted by Crippen LogP contribution is -2.42. The van der Waals surface area contributed by atoms with Crippen molar-refractivity contribution in [3.63, 3.8) is 0 Å². The van der Waals surface area contributed by atoms with Gasteiger partial charge in [-0.2, -0.15) is 5.26 Å². The van der Waals surface area contributed by atoms with E-state index in [1.807, 2.05) is 0 Å². The minimum atomic E-state index is -0.793. The number of nitrogens with zero attached hydrogens (tertiary/aromatic N) is 1. The smallest absolute Gasteiger partial charge is 0.304 e. The first kappa shape index (κ1) is 9.51. The second-order valence-electron chi connectivity index (χ2n) is 4.51. The number of hydrogen-bond acceptors (Lipinski definition) is 3. The molecule has 2 saturated carbocycles. The van der Waals surface area contributed by atoms with E-state index in [0.29, 0.717) is 0 Å². The van der Waals surface area contributed by atoms with E-state index in [0.717, 1.165) is 31.6 Å². The van der Waals surface area contributed by atoms with Crippen LogP contribution in [0, 0.1) is 23.2 Å². The van der Waals surface area contributed by atoms with E-state index in [-0.39, 0.29) is 11.9 Å². The largest absolute Gasteiger partial charge is 0.444 e. The fourth-order valence-corrected chi connectivity index (χ4v) is 2.94. The first-order valence-electron chi connectivity index (χ1n) is 5.27. The van der Waals surface area contributed by atoms with E-state index in [1.54, 1.807) is 0 Å². The molecular weight excluding hydrogens is 178 g/mol. The number of ether oxygens (including phenoxy) is 1. The van der Waals surface area contributed by atoms with E-state index in [1.165, 1.54) is 13.3 Å². The van der Waals surface area contributed by atoms with Crippen molar-refractivity contribution in [2.75, 3.05) is 0 Å². The van der Waals surface area contributed by atoms with Crippen molar-refractivity contribution >= 4 is 5.97 Å². The zero-order valence-electron chi connectivity index (χ0n) is 8.45. The summed E-state index contributed by atoms with van der Waals surface area (Å²) >= 11 is 0. The van der Waals surface area contributed by atoms with Gasteiger partial charge in [0.1, 0.15) is 6.07 Å². The molecule has 0 aliphatic heterocycles. The predicted octanol–water partition coefficient (Wildman–Crippen LogP) is 2.02. The number of carbonyl (C=O) groups is 1. The van der Waals surface area contributed by atoms with Crippen molar-refractivity contribution in [1.29, 1.82) is 5.26 Å². The molecule has 0 unspecified atom stereocenters. The summed E-state index contributed by atoms with van der Waals surface area (Å²) in [6.07, 6.45) is 5.09. The Kier molecular flexibility index (Phi) is 2.22. The lowest BCUT2D eigenvalue weighted by atomic mass is 9.77. The molecule has 14 heavy (non-hydrogen) atoms. The molecule has 2 rings (SSSR count). The van der Waals surface area contributed by atoms with Gasteiger partial charge >= 0.3 is 5.97 Å². The van der Waals surface area contributed by atoms with E-state index < -0.39 is 5.60 Å². The van der Waals surface area contributed by atoms with E-state index in [9.17, 15) is 10.1 Å². The number of esters is 1. The van der Waals surface area contributed by atoms with Crippen molar-refractivity contribution in [3.05, 3.63) is 0 Å². The number of nitriles is 1. The zero-order valence-corrected chi connectivity index (χ0v) is 8.45. The van der Waals surface area contributed by atoms with Gasteiger partial charge in [-0.3, -0.25) is 4.79 Å². The van der Waals surface area contributed by atoms with Crippen molar-refractivity contribution < 1.29 is 9.53 Å². The maximum atomic E-state index is 11.0. The summed E-state index contributed by atoms with van der Waals surface area (Å²) in [5, 5.41) is 9.18. The lowest BCUT2D eigenvalue weighted by Gasteiger charge is -2.35. The van der Waals surface area contributed by atoms with Crippen LogP contribution in [0.1, 0.15) is 39.0 Å². The first-order chi connectivity index (χ1) is 6.66. The highest BCUT2D eigenvalue weighted by Gasteiger charge is 2.49. The number of carbonyl (C=O) groups excluding carboxylic acids is 1. The summed E-state index contributed by atoms with van der Waals surface area (Å²) in [5.74, 6) is 0.740. The Morgan fingerprint density at radius 1 is 1.50 bits per heavy atom. The second-order valence-corrected chi connectivity index (χ2v) is 4.51. The van der Waals surface area contributed by atoms with Crippen LogP contribution in [0.3, 0.4) is 0 Å². The van der Waals surface area contributed by atoms with Crippen LogP contribution >= 0.6 is 0 Å². The standard InChI is InChI=1S/C11H15NO2/c1-8(13)14-11(7-12)5-4-9-2-3-10(11)6-9/h9-10H,2-6H2,1H3/t9-,10+,11-/m0/s1. The summed E-state index contributed by atoms with van der Waals surface area (Å²) in [6, 6.07) is 2.23. The Balaban J connectivity index is 2.19. The third-order valence-corrected chi connectivity index (χ3v) is 3.64. The molecule has 0 saturated heterocycles. The average Bonchev–Trinajstić information content (AvgIpc) is 2.55. The van der Waals surface area contributed by atoms with Gasteiger partial charge in [0.05, 0.1) is 0 Å². The van der Waals surface area contributed by atoms with Gasteiger partial charge in [0.25, 0.3) is 0 Å². The van der Waals surface area contributed by atoms with Crippen molar-refractivity contribution in [2.24, 2.45) is 11.8 Å². The van der Waals surface area contributed by atoms with E-state index in [2.05, 4.69) is 6.07 Å². The second kappa shape index (κ2) is 3.27. The highest BCUT2D eigenvalue weighted by molar-refractivity contribution is 5.67. The molecule has 0 aromatic heterocycles. The maximum Gasteiger partial charge on any atom is 0.304 e. The van der Waals surface area contributed by atoms with Crippen LogP contribution in [-0.4, -0.2) is 11.6 Å². The molecule has 2 aliphatic carbocycles. The zero-order chi connectivity index (χ0) is 10.2. The molecular formula is C11H15NO2. The molecule has 76 valence electrons. The van der Waals surface area contributed by atoms with Gasteiger partial charge < -0.3 is 4.74 Å². The Morgan fingerprint density at radius 3 is 2.93 bits per heavy atom. The highest BCUT2D eigenvalue weighted by atomic mass is 16.6. The molecule has 0 spiro atoms. The van der Waals surface area contributed by atoms with Gasteiger partial charge in [0.2, 0.25) is 0 Å². The molecule has 2 fully saturated rings. The third kappa shape index (κ3) is 1.39. The molecule has 3 heteroatoms. The number of rotatable bonds is 1. The van der Waals surface area contributed by atoms with Gasteiger partial charge in [0, 0.05) is 19.3 Å². The summed E-state index contributed by atoms with van der Waals surface area (Å²) in [6.45, 7) is 1.39. The monoisotopic (exact) mass is 193 g/mol. The third-order valence-electron chi connectivity index (χ3n) is 3.64. The minimum Gasteiger partial charge on any atom is -0.444 e. The van der Waals surface area contributed by atoms with Gasteiger partial charge in [-0.1, -0.05) is 0 Å². The van der Waals surface area contributed by atoms with Crippen LogP contribution in [0.4, 0.5) is 0 Å². The van der Waals surface area contributed by atoms with Crippen LogP contribution in [0.25, 0.3) is 0 Å².